The summed E-state index contributed by atoms with van der Waals surface area (Å²) in [4.78, 5) is 10.4. The number of rotatable bonds is 4. The van der Waals surface area contributed by atoms with Gasteiger partial charge in [0.1, 0.15) is 6.04 Å². The van der Waals surface area contributed by atoms with Gasteiger partial charge in [-0.1, -0.05) is 24.3 Å². The number of benzene rings is 1. The fourth-order valence-electron chi connectivity index (χ4n) is 1.14. The van der Waals surface area contributed by atoms with Crippen LogP contribution in [0.1, 0.15) is 17.6 Å². The second-order valence-corrected chi connectivity index (χ2v) is 3.19. The summed E-state index contributed by atoms with van der Waals surface area (Å²) in [5.41, 5.74) is 5.85. The minimum absolute atomic E-state index is 0.0809. The van der Waals surface area contributed by atoms with Gasteiger partial charge in [0.25, 0.3) is 6.43 Å². The maximum absolute atomic E-state index is 12.2. The molecule has 82 valence electrons. The molecule has 0 bridgehead atoms. The van der Waals surface area contributed by atoms with Crippen LogP contribution in [-0.4, -0.2) is 17.1 Å². The first-order valence-electron chi connectivity index (χ1n) is 4.36. The molecule has 1 aromatic rings. The average molecular weight is 215 g/mol. The number of carbonyl (C=O) groups is 1. The molecule has 1 aromatic carbocycles. The highest BCUT2D eigenvalue weighted by molar-refractivity contribution is 5.73. The van der Waals surface area contributed by atoms with Crippen molar-refractivity contribution in [1.29, 1.82) is 0 Å². The van der Waals surface area contributed by atoms with Crippen molar-refractivity contribution in [3.63, 3.8) is 0 Å². The summed E-state index contributed by atoms with van der Waals surface area (Å²) < 4.78 is 24.3. The average Bonchev–Trinajstić information content (AvgIpc) is 2.18. The van der Waals surface area contributed by atoms with Gasteiger partial charge in [-0.2, -0.15) is 0 Å². The van der Waals surface area contributed by atoms with Crippen LogP contribution in [0.4, 0.5) is 8.78 Å². The highest BCUT2D eigenvalue weighted by Crippen LogP contribution is 2.18. The van der Waals surface area contributed by atoms with E-state index in [0.29, 0.717) is 5.56 Å². The molecule has 0 saturated heterocycles. The van der Waals surface area contributed by atoms with Crippen molar-refractivity contribution in [2.75, 3.05) is 0 Å². The largest absolute Gasteiger partial charge is 0.480 e. The fraction of sp³-hybridized carbons (Fsp3) is 0.300. The van der Waals surface area contributed by atoms with Gasteiger partial charge in [-0.25, -0.2) is 8.78 Å². The molecule has 0 radical (unpaired) electrons. The van der Waals surface area contributed by atoms with E-state index in [1.54, 1.807) is 0 Å². The van der Waals surface area contributed by atoms with Crippen molar-refractivity contribution in [2.24, 2.45) is 5.73 Å². The molecule has 0 aliphatic heterocycles. The van der Waals surface area contributed by atoms with Crippen molar-refractivity contribution in [1.82, 2.24) is 0 Å². The Morgan fingerprint density at radius 1 is 1.33 bits per heavy atom. The first-order chi connectivity index (χ1) is 7.00. The summed E-state index contributed by atoms with van der Waals surface area (Å²) in [6.07, 6.45) is -2.37. The fourth-order valence-corrected chi connectivity index (χ4v) is 1.14. The van der Waals surface area contributed by atoms with E-state index < -0.39 is 18.4 Å². The molecule has 3 nitrogen and oxygen atoms in total. The number of alkyl halides is 2. The third-order valence-corrected chi connectivity index (χ3v) is 2.00. The molecule has 15 heavy (non-hydrogen) atoms. The molecule has 1 rings (SSSR count). The van der Waals surface area contributed by atoms with Crippen LogP contribution in [-0.2, 0) is 11.2 Å². The van der Waals surface area contributed by atoms with Crippen LogP contribution in [0.5, 0.6) is 0 Å². The van der Waals surface area contributed by atoms with Crippen molar-refractivity contribution in [3.05, 3.63) is 35.4 Å². The predicted molar refractivity (Wildman–Crippen MR) is 50.7 cm³/mol. The number of aliphatic carboxylic acids is 1. The van der Waals surface area contributed by atoms with Gasteiger partial charge < -0.3 is 10.8 Å². The minimum Gasteiger partial charge on any atom is -0.480 e. The summed E-state index contributed by atoms with van der Waals surface area (Å²) in [5.74, 6) is -1.10. The van der Waals surface area contributed by atoms with E-state index in [1.807, 2.05) is 0 Å². The smallest absolute Gasteiger partial charge is 0.320 e. The molecular formula is C10H11F2NO2. The van der Waals surface area contributed by atoms with Crippen LogP contribution in [0.25, 0.3) is 0 Å². The Labute approximate surface area is 85.5 Å². The van der Waals surface area contributed by atoms with Gasteiger partial charge in [-0.05, 0) is 12.0 Å². The Hall–Kier alpha value is -1.49. The summed E-state index contributed by atoms with van der Waals surface area (Å²) in [6.45, 7) is 0. The van der Waals surface area contributed by atoms with Crippen LogP contribution in [0.15, 0.2) is 24.3 Å². The highest BCUT2D eigenvalue weighted by atomic mass is 19.3. The predicted octanol–water partition coefficient (Wildman–Crippen LogP) is 1.58. The summed E-state index contributed by atoms with van der Waals surface area (Å²) >= 11 is 0. The lowest BCUT2D eigenvalue weighted by Crippen LogP contribution is -2.32. The molecule has 0 aliphatic rings. The maximum atomic E-state index is 12.2. The number of carboxylic acids is 1. The molecule has 5 heteroatoms. The summed E-state index contributed by atoms with van der Waals surface area (Å²) in [5, 5.41) is 8.54. The molecular weight excluding hydrogens is 204 g/mol. The maximum Gasteiger partial charge on any atom is 0.320 e. The van der Waals surface area contributed by atoms with E-state index >= 15 is 0 Å². The Kier molecular flexibility index (Phi) is 3.74. The van der Waals surface area contributed by atoms with Gasteiger partial charge in [0.15, 0.2) is 0 Å². The zero-order valence-electron chi connectivity index (χ0n) is 7.86. The SMILES string of the molecule is NC(Cc1ccc(C(F)F)cc1)C(=O)O. The lowest BCUT2D eigenvalue weighted by Gasteiger charge is -2.07. The van der Waals surface area contributed by atoms with Gasteiger partial charge in [0.05, 0.1) is 0 Å². The van der Waals surface area contributed by atoms with E-state index in [0.717, 1.165) is 0 Å². The number of halogens is 2. The molecule has 1 unspecified atom stereocenters. The first-order valence-corrected chi connectivity index (χ1v) is 4.36. The van der Waals surface area contributed by atoms with E-state index in [2.05, 4.69) is 0 Å². The van der Waals surface area contributed by atoms with E-state index in [1.165, 1.54) is 24.3 Å². The third kappa shape index (κ3) is 3.28. The molecule has 0 fully saturated rings. The Morgan fingerprint density at radius 3 is 2.27 bits per heavy atom. The standard InChI is InChI=1S/C10H11F2NO2/c11-9(12)7-3-1-6(2-4-7)5-8(13)10(14)15/h1-4,8-9H,5,13H2,(H,14,15). The second kappa shape index (κ2) is 4.84. The molecule has 0 saturated carbocycles. The normalized spacial score (nSPS) is 12.8. The quantitative estimate of drug-likeness (QED) is 0.801. The third-order valence-electron chi connectivity index (χ3n) is 2.00. The van der Waals surface area contributed by atoms with Crippen molar-refractivity contribution >= 4 is 5.97 Å². The lowest BCUT2D eigenvalue weighted by atomic mass is 10.1. The molecule has 1 atom stereocenters. The first kappa shape index (κ1) is 11.6. The van der Waals surface area contributed by atoms with Gasteiger partial charge in [-0.3, -0.25) is 4.79 Å². The lowest BCUT2D eigenvalue weighted by molar-refractivity contribution is -0.138. The Balaban J connectivity index is 2.68. The summed E-state index contributed by atoms with van der Waals surface area (Å²) in [7, 11) is 0. The van der Waals surface area contributed by atoms with E-state index in [4.69, 9.17) is 10.8 Å². The number of hydrogen-bond donors (Lipinski definition) is 2. The van der Waals surface area contributed by atoms with E-state index in [-0.39, 0.29) is 12.0 Å². The molecule has 3 N–H and O–H groups in total. The Morgan fingerprint density at radius 2 is 1.87 bits per heavy atom. The second-order valence-electron chi connectivity index (χ2n) is 3.19. The Bertz CT molecular complexity index is 338. The molecule has 0 aromatic heterocycles. The molecule has 0 heterocycles. The topological polar surface area (TPSA) is 63.3 Å². The van der Waals surface area contributed by atoms with Gasteiger partial charge in [0.2, 0.25) is 0 Å². The van der Waals surface area contributed by atoms with Crippen LogP contribution >= 0.6 is 0 Å². The number of nitrogens with two attached hydrogens (primary N) is 1. The highest BCUT2D eigenvalue weighted by Gasteiger charge is 2.12. The van der Waals surface area contributed by atoms with Crippen LogP contribution in [0.3, 0.4) is 0 Å². The van der Waals surface area contributed by atoms with Crippen LogP contribution in [0.2, 0.25) is 0 Å². The summed E-state index contributed by atoms with van der Waals surface area (Å²) in [6, 6.07) is 4.47. The zero-order chi connectivity index (χ0) is 11.4. The van der Waals surface area contributed by atoms with Crippen molar-refractivity contribution in [3.8, 4) is 0 Å². The van der Waals surface area contributed by atoms with Gasteiger partial charge in [0, 0.05) is 5.56 Å². The number of carboxylic acid groups (broad SMARTS) is 1. The monoisotopic (exact) mass is 215 g/mol. The van der Waals surface area contributed by atoms with Crippen molar-refractivity contribution in [2.45, 2.75) is 18.9 Å². The molecule has 0 aliphatic carbocycles. The molecule has 0 amide bonds. The minimum atomic E-state index is -2.51. The van der Waals surface area contributed by atoms with E-state index in [9.17, 15) is 13.6 Å². The van der Waals surface area contributed by atoms with Crippen molar-refractivity contribution < 1.29 is 18.7 Å². The van der Waals surface area contributed by atoms with Crippen LogP contribution < -0.4 is 5.73 Å². The van der Waals surface area contributed by atoms with Crippen LogP contribution in [0, 0.1) is 0 Å². The number of hydrogen-bond acceptors (Lipinski definition) is 2. The zero-order valence-corrected chi connectivity index (χ0v) is 7.86. The van der Waals surface area contributed by atoms with Gasteiger partial charge >= 0.3 is 5.97 Å². The van der Waals surface area contributed by atoms with Gasteiger partial charge in [-0.15, -0.1) is 0 Å². The molecule has 0 spiro atoms.